The van der Waals surface area contributed by atoms with Crippen LogP contribution in [0.1, 0.15) is 30.5 Å². The average molecular weight is 233 g/mol. The van der Waals surface area contributed by atoms with Crippen molar-refractivity contribution in [3.05, 3.63) is 29.6 Å². The maximum Gasteiger partial charge on any atom is 0.226 e. The first-order valence-corrected chi connectivity index (χ1v) is 6.12. The fourth-order valence-electron chi connectivity index (χ4n) is 2.28. The van der Waals surface area contributed by atoms with Crippen LogP contribution in [0.3, 0.4) is 0 Å². The number of aromatic nitrogens is 1. The molecule has 1 amide bonds. The standard InChI is InChI=1S/C13H19N3O/c1-9-4-3-7-15-12(9)8-13(17)16-11-6-2-5-10(11)14/h3-4,7,10-11H,2,5-6,8,14H2,1H3,(H,16,17). The van der Waals surface area contributed by atoms with Crippen molar-refractivity contribution in [1.82, 2.24) is 10.3 Å². The van der Waals surface area contributed by atoms with E-state index in [1.807, 2.05) is 19.1 Å². The zero-order chi connectivity index (χ0) is 12.3. The highest BCUT2D eigenvalue weighted by Crippen LogP contribution is 2.17. The molecule has 17 heavy (non-hydrogen) atoms. The largest absolute Gasteiger partial charge is 0.351 e. The highest BCUT2D eigenvalue weighted by Gasteiger charge is 2.25. The first-order chi connectivity index (χ1) is 8.16. The summed E-state index contributed by atoms with van der Waals surface area (Å²) < 4.78 is 0. The number of carbonyl (C=O) groups is 1. The Morgan fingerprint density at radius 3 is 3.06 bits per heavy atom. The van der Waals surface area contributed by atoms with Gasteiger partial charge in [0.25, 0.3) is 0 Å². The molecule has 0 bridgehead atoms. The molecule has 0 radical (unpaired) electrons. The third-order valence-corrected chi connectivity index (χ3v) is 3.36. The van der Waals surface area contributed by atoms with E-state index >= 15 is 0 Å². The molecule has 0 saturated heterocycles. The smallest absolute Gasteiger partial charge is 0.226 e. The van der Waals surface area contributed by atoms with Crippen LogP contribution >= 0.6 is 0 Å². The first-order valence-electron chi connectivity index (χ1n) is 6.12. The molecule has 2 rings (SSSR count). The maximum atomic E-state index is 11.9. The third kappa shape index (κ3) is 3.03. The monoisotopic (exact) mass is 233 g/mol. The molecule has 1 aromatic heterocycles. The van der Waals surface area contributed by atoms with Crippen molar-refractivity contribution in [2.45, 2.75) is 44.7 Å². The van der Waals surface area contributed by atoms with Gasteiger partial charge < -0.3 is 11.1 Å². The summed E-state index contributed by atoms with van der Waals surface area (Å²) in [5.41, 5.74) is 7.82. The number of nitrogens with one attached hydrogen (secondary N) is 1. The Bertz CT molecular complexity index is 405. The van der Waals surface area contributed by atoms with Crippen LogP contribution in [0.5, 0.6) is 0 Å². The van der Waals surface area contributed by atoms with E-state index in [1.165, 1.54) is 0 Å². The van der Waals surface area contributed by atoms with Gasteiger partial charge in [0, 0.05) is 18.3 Å². The van der Waals surface area contributed by atoms with Gasteiger partial charge in [-0.2, -0.15) is 0 Å². The van der Waals surface area contributed by atoms with Crippen molar-refractivity contribution in [2.75, 3.05) is 0 Å². The minimum Gasteiger partial charge on any atom is -0.351 e. The van der Waals surface area contributed by atoms with E-state index in [-0.39, 0.29) is 18.0 Å². The SMILES string of the molecule is Cc1cccnc1CC(=O)NC1CCCC1N. The topological polar surface area (TPSA) is 68.0 Å². The summed E-state index contributed by atoms with van der Waals surface area (Å²) in [5.74, 6) is 0.0224. The molecule has 3 N–H and O–H groups in total. The molecule has 0 spiro atoms. The number of pyridine rings is 1. The van der Waals surface area contributed by atoms with Crippen molar-refractivity contribution >= 4 is 5.91 Å². The van der Waals surface area contributed by atoms with Gasteiger partial charge in [0.2, 0.25) is 5.91 Å². The molecule has 92 valence electrons. The van der Waals surface area contributed by atoms with Crippen molar-refractivity contribution < 1.29 is 4.79 Å². The summed E-state index contributed by atoms with van der Waals surface area (Å²) >= 11 is 0. The predicted octanol–water partition coefficient (Wildman–Crippen LogP) is 0.929. The van der Waals surface area contributed by atoms with Crippen molar-refractivity contribution in [1.29, 1.82) is 0 Å². The van der Waals surface area contributed by atoms with E-state index in [0.29, 0.717) is 6.42 Å². The minimum atomic E-state index is 0.0224. The van der Waals surface area contributed by atoms with Crippen LogP contribution < -0.4 is 11.1 Å². The second-order valence-corrected chi connectivity index (χ2v) is 4.71. The number of nitrogens with zero attached hydrogens (tertiary/aromatic N) is 1. The van der Waals surface area contributed by atoms with Gasteiger partial charge in [-0.3, -0.25) is 9.78 Å². The Balaban J connectivity index is 1.91. The summed E-state index contributed by atoms with van der Waals surface area (Å²) in [5, 5.41) is 3.00. The zero-order valence-corrected chi connectivity index (χ0v) is 10.1. The summed E-state index contributed by atoms with van der Waals surface area (Å²) in [7, 11) is 0. The Hall–Kier alpha value is -1.42. The molecule has 1 saturated carbocycles. The predicted molar refractivity (Wildman–Crippen MR) is 66.4 cm³/mol. The van der Waals surface area contributed by atoms with Crippen LogP contribution in [0, 0.1) is 6.92 Å². The van der Waals surface area contributed by atoms with E-state index in [4.69, 9.17) is 5.73 Å². The van der Waals surface area contributed by atoms with Crippen molar-refractivity contribution in [2.24, 2.45) is 5.73 Å². The molecule has 1 aliphatic rings. The summed E-state index contributed by atoms with van der Waals surface area (Å²) in [6, 6.07) is 4.11. The normalized spacial score (nSPS) is 23.6. The van der Waals surface area contributed by atoms with Crippen LogP contribution in [-0.2, 0) is 11.2 Å². The van der Waals surface area contributed by atoms with E-state index in [1.54, 1.807) is 6.20 Å². The Labute approximate surface area is 102 Å². The summed E-state index contributed by atoms with van der Waals surface area (Å²) in [6.45, 7) is 1.97. The van der Waals surface area contributed by atoms with Gasteiger partial charge in [-0.15, -0.1) is 0 Å². The van der Waals surface area contributed by atoms with Gasteiger partial charge in [0.05, 0.1) is 12.1 Å². The van der Waals surface area contributed by atoms with Crippen LogP contribution in [0.25, 0.3) is 0 Å². The number of hydrogen-bond donors (Lipinski definition) is 2. The zero-order valence-electron chi connectivity index (χ0n) is 10.1. The minimum absolute atomic E-state index is 0.0224. The van der Waals surface area contributed by atoms with Gasteiger partial charge in [0.15, 0.2) is 0 Å². The lowest BCUT2D eigenvalue weighted by atomic mass is 10.1. The number of aryl methyl sites for hydroxylation is 1. The molecular formula is C13H19N3O. The van der Waals surface area contributed by atoms with E-state index in [9.17, 15) is 4.79 Å². The number of nitrogens with two attached hydrogens (primary N) is 1. The molecule has 2 unspecified atom stereocenters. The molecule has 2 atom stereocenters. The van der Waals surface area contributed by atoms with Crippen LogP contribution in [0.4, 0.5) is 0 Å². The lowest BCUT2D eigenvalue weighted by molar-refractivity contribution is -0.121. The average Bonchev–Trinajstić information content (AvgIpc) is 2.68. The number of carbonyl (C=O) groups excluding carboxylic acids is 1. The lowest BCUT2D eigenvalue weighted by Crippen LogP contribution is -2.44. The van der Waals surface area contributed by atoms with E-state index in [2.05, 4.69) is 10.3 Å². The Morgan fingerprint density at radius 2 is 2.41 bits per heavy atom. The van der Waals surface area contributed by atoms with Gasteiger partial charge in [-0.1, -0.05) is 6.07 Å². The summed E-state index contributed by atoms with van der Waals surface area (Å²) in [6.07, 6.45) is 5.17. The Kier molecular flexibility index (Phi) is 3.74. The van der Waals surface area contributed by atoms with Crippen molar-refractivity contribution in [3.63, 3.8) is 0 Å². The Morgan fingerprint density at radius 1 is 1.59 bits per heavy atom. The van der Waals surface area contributed by atoms with Gasteiger partial charge in [0.1, 0.15) is 0 Å². The fourth-order valence-corrected chi connectivity index (χ4v) is 2.28. The maximum absolute atomic E-state index is 11.9. The molecule has 4 heteroatoms. The van der Waals surface area contributed by atoms with Gasteiger partial charge in [-0.25, -0.2) is 0 Å². The number of rotatable bonds is 3. The first kappa shape index (κ1) is 12.0. The van der Waals surface area contributed by atoms with Gasteiger partial charge in [-0.05, 0) is 37.8 Å². The molecular weight excluding hydrogens is 214 g/mol. The summed E-state index contributed by atoms with van der Waals surface area (Å²) in [4.78, 5) is 16.1. The van der Waals surface area contributed by atoms with Gasteiger partial charge >= 0.3 is 0 Å². The molecule has 0 aromatic carbocycles. The highest BCUT2D eigenvalue weighted by molar-refractivity contribution is 5.78. The molecule has 1 aliphatic carbocycles. The quantitative estimate of drug-likeness (QED) is 0.816. The van der Waals surface area contributed by atoms with Crippen LogP contribution in [-0.4, -0.2) is 23.0 Å². The van der Waals surface area contributed by atoms with Crippen LogP contribution in [0.2, 0.25) is 0 Å². The fraction of sp³-hybridized carbons (Fsp3) is 0.538. The number of amides is 1. The molecule has 0 aliphatic heterocycles. The third-order valence-electron chi connectivity index (χ3n) is 3.36. The highest BCUT2D eigenvalue weighted by atomic mass is 16.1. The second-order valence-electron chi connectivity index (χ2n) is 4.71. The molecule has 1 aromatic rings. The molecule has 4 nitrogen and oxygen atoms in total. The molecule has 1 fully saturated rings. The van der Waals surface area contributed by atoms with Crippen molar-refractivity contribution in [3.8, 4) is 0 Å². The number of hydrogen-bond acceptors (Lipinski definition) is 3. The van der Waals surface area contributed by atoms with Crippen LogP contribution in [0.15, 0.2) is 18.3 Å². The molecule has 1 heterocycles. The van der Waals surface area contributed by atoms with E-state index in [0.717, 1.165) is 30.5 Å². The van der Waals surface area contributed by atoms with E-state index < -0.39 is 0 Å². The lowest BCUT2D eigenvalue weighted by Gasteiger charge is -2.17. The second kappa shape index (κ2) is 5.27.